The highest BCUT2D eigenvalue weighted by Gasteiger charge is 2.39. The first-order valence-corrected chi connectivity index (χ1v) is 9.11. The number of benzene rings is 1. The average Bonchev–Trinajstić information content (AvgIpc) is 2.48. The first kappa shape index (κ1) is 17.8. The molecule has 0 spiro atoms. The summed E-state index contributed by atoms with van der Waals surface area (Å²) in [6, 6.07) is 2.40. The van der Waals surface area contributed by atoms with Crippen molar-refractivity contribution in [3.8, 4) is 0 Å². The summed E-state index contributed by atoms with van der Waals surface area (Å²) < 4.78 is 27.5. The fraction of sp³-hybridized carbons (Fsp3) is 0.600. The molecular weight excluding hydrogens is 318 g/mol. The lowest BCUT2D eigenvalue weighted by Crippen LogP contribution is -2.51. The standard InChI is InChI=1S/C15H23N3O4S/c1-10-5-4-6-17(14(10)9-16)23(21,22)15-8-12(3)11(2)7-13(15)18(19)20/h7-8,10,14H,4-6,9,16H2,1-3H3. The third kappa shape index (κ3) is 3.24. The first-order valence-electron chi connectivity index (χ1n) is 7.67. The molecule has 0 bridgehead atoms. The van der Waals surface area contributed by atoms with Crippen LogP contribution in [0.2, 0.25) is 0 Å². The highest BCUT2D eigenvalue weighted by Crippen LogP contribution is 2.34. The van der Waals surface area contributed by atoms with Gasteiger partial charge in [-0.05, 0) is 49.8 Å². The molecule has 2 N–H and O–H groups in total. The lowest BCUT2D eigenvalue weighted by Gasteiger charge is -2.38. The monoisotopic (exact) mass is 341 g/mol. The Morgan fingerprint density at radius 2 is 1.96 bits per heavy atom. The van der Waals surface area contributed by atoms with Gasteiger partial charge in [0.2, 0.25) is 10.0 Å². The zero-order valence-corrected chi connectivity index (χ0v) is 14.5. The zero-order chi connectivity index (χ0) is 17.4. The number of nitrogens with two attached hydrogens (primary N) is 1. The Bertz CT molecular complexity index is 718. The predicted molar refractivity (Wildman–Crippen MR) is 87.7 cm³/mol. The van der Waals surface area contributed by atoms with Gasteiger partial charge in [0, 0.05) is 25.2 Å². The number of nitrogens with zero attached hydrogens (tertiary/aromatic N) is 2. The third-order valence-corrected chi connectivity index (χ3v) is 6.62. The summed E-state index contributed by atoms with van der Waals surface area (Å²) >= 11 is 0. The molecule has 1 saturated heterocycles. The van der Waals surface area contributed by atoms with Crippen molar-refractivity contribution >= 4 is 15.7 Å². The van der Waals surface area contributed by atoms with Crippen LogP contribution in [0.25, 0.3) is 0 Å². The summed E-state index contributed by atoms with van der Waals surface area (Å²) in [7, 11) is -3.96. The molecule has 0 aliphatic carbocycles. The van der Waals surface area contributed by atoms with Gasteiger partial charge in [0.15, 0.2) is 4.90 Å². The van der Waals surface area contributed by atoms with E-state index in [1.165, 1.54) is 16.4 Å². The molecule has 1 aromatic rings. The van der Waals surface area contributed by atoms with Gasteiger partial charge in [0.05, 0.1) is 4.92 Å². The van der Waals surface area contributed by atoms with Gasteiger partial charge < -0.3 is 5.73 Å². The summed E-state index contributed by atoms with van der Waals surface area (Å²) in [6.45, 7) is 5.99. The summed E-state index contributed by atoms with van der Waals surface area (Å²) in [5.41, 5.74) is 6.80. The maximum Gasteiger partial charge on any atom is 0.289 e. The number of nitro groups is 1. The van der Waals surface area contributed by atoms with Crippen LogP contribution < -0.4 is 5.73 Å². The number of hydrogen-bond donors (Lipinski definition) is 1. The maximum atomic E-state index is 13.1. The van der Waals surface area contributed by atoms with E-state index in [0.29, 0.717) is 17.7 Å². The van der Waals surface area contributed by atoms with Crippen LogP contribution in [0.3, 0.4) is 0 Å². The quantitative estimate of drug-likeness (QED) is 0.665. The van der Waals surface area contributed by atoms with Crippen molar-refractivity contribution in [1.29, 1.82) is 0 Å². The fourth-order valence-electron chi connectivity index (χ4n) is 3.11. The molecule has 1 fully saturated rings. The summed E-state index contributed by atoms with van der Waals surface area (Å²) in [5, 5.41) is 11.3. The van der Waals surface area contributed by atoms with Crippen LogP contribution in [0.4, 0.5) is 5.69 Å². The number of rotatable bonds is 4. The number of piperidine rings is 1. The van der Waals surface area contributed by atoms with E-state index >= 15 is 0 Å². The van der Waals surface area contributed by atoms with Crippen molar-refractivity contribution in [3.05, 3.63) is 33.4 Å². The molecule has 8 heteroatoms. The molecule has 1 aliphatic heterocycles. The molecule has 0 amide bonds. The minimum Gasteiger partial charge on any atom is -0.329 e. The minimum absolute atomic E-state index is 0.133. The third-order valence-electron chi connectivity index (χ3n) is 4.66. The van der Waals surface area contributed by atoms with E-state index < -0.39 is 14.9 Å². The molecule has 7 nitrogen and oxygen atoms in total. The normalized spacial score (nSPS) is 23.0. The second kappa shape index (κ2) is 6.54. The summed E-state index contributed by atoms with van der Waals surface area (Å²) in [6.07, 6.45) is 1.64. The van der Waals surface area contributed by atoms with Gasteiger partial charge in [0.1, 0.15) is 0 Å². The smallest absolute Gasteiger partial charge is 0.289 e. The van der Waals surface area contributed by atoms with E-state index in [2.05, 4.69) is 0 Å². The molecular formula is C15H23N3O4S. The van der Waals surface area contributed by atoms with E-state index in [-0.39, 0.29) is 29.1 Å². The van der Waals surface area contributed by atoms with Crippen LogP contribution in [-0.2, 0) is 10.0 Å². The Morgan fingerprint density at radius 3 is 2.52 bits per heavy atom. The molecule has 128 valence electrons. The molecule has 0 aromatic heterocycles. The van der Waals surface area contributed by atoms with Gasteiger partial charge in [-0.2, -0.15) is 4.31 Å². The molecule has 2 rings (SSSR count). The first-order chi connectivity index (χ1) is 10.7. The van der Waals surface area contributed by atoms with Crippen LogP contribution in [0, 0.1) is 29.9 Å². The Kier molecular flexibility index (Phi) is 5.07. The van der Waals surface area contributed by atoms with Crippen molar-refractivity contribution in [2.45, 2.75) is 44.6 Å². The lowest BCUT2D eigenvalue weighted by molar-refractivity contribution is -0.387. The summed E-state index contributed by atoms with van der Waals surface area (Å²) in [5.74, 6) is 0.133. The molecule has 0 saturated carbocycles. The summed E-state index contributed by atoms with van der Waals surface area (Å²) in [4.78, 5) is 10.5. The van der Waals surface area contributed by atoms with Gasteiger partial charge in [-0.1, -0.05) is 6.92 Å². The second-order valence-corrected chi connectivity index (χ2v) is 8.06. The Balaban J connectivity index is 2.59. The van der Waals surface area contributed by atoms with Crippen LogP contribution in [0.5, 0.6) is 0 Å². The predicted octanol–water partition coefficient (Wildman–Crippen LogP) is 1.96. The van der Waals surface area contributed by atoms with Crippen molar-refractivity contribution in [1.82, 2.24) is 4.31 Å². The molecule has 1 aromatic carbocycles. The number of hydrogen-bond acceptors (Lipinski definition) is 5. The highest BCUT2D eigenvalue weighted by molar-refractivity contribution is 7.89. The van der Waals surface area contributed by atoms with Crippen molar-refractivity contribution in [3.63, 3.8) is 0 Å². The molecule has 0 radical (unpaired) electrons. The Labute approximate surface area is 136 Å². The van der Waals surface area contributed by atoms with Crippen molar-refractivity contribution < 1.29 is 13.3 Å². The van der Waals surface area contributed by atoms with Gasteiger partial charge in [0.25, 0.3) is 5.69 Å². The number of sulfonamides is 1. The van der Waals surface area contributed by atoms with Crippen LogP contribution in [0.15, 0.2) is 17.0 Å². The molecule has 2 atom stereocenters. The van der Waals surface area contributed by atoms with Crippen LogP contribution >= 0.6 is 0 Å². The largest absolute Gasteiger partial charge is 0.329 e. The minimum atomic E-state index is -3.96. The van der Waals surface area contributed by atoms with E-state index in [1.807, 2.05) is 6.92 Å². The van der Waals surface area contributed by atoms with Gasteiger partial charge >= 0.3 is 0 Å². The zero-order valence-electron chi connectivity index (χ0n) is 13.7. The molecule has 2 unspecified atom stereocenters. The highest BCUT2D eigenvalue weighted by atomic mass is 32.2. The van der Waals surface area contributed by atoms with Crippen molar-refractivity contribution in [2.75, 3.05) is 13.1 Å². The molecule has 1 aliphatic rings. The van der Waals surface area contributed by atoms with Gasteiger partial charge in [-0.15, -0.1) is 0 Å². The Morgan fingerprint density at radius 1 is 1.35 bits per heavy atom. The fourth-order valence-corrected chi connectivity index (χ4v) is 5.11. The van der Waals surface area contributed by atoms with E-state index in [0.717, 1.165) is 12.8 Å². The average molecular weight is 341 g/mol. The topological polar surface area (TPSA) is 107 Å². The number of aryl methyl sites for hydroxylation is 2. The SMILES string of the molecule is Cc1cc([N+](=O)[O-])c(S(=O)(=O)N2CCCC(C)C2CN)cc1C. The molecule has 23 heavy (non-hydrogen) atoms. The van der Waals surface area contributed by atoms with E-state index in [1.54, 1.807) is 13.8 Å². The van der Waals surface area contributed by atoms with Gasteiger partial charge in [-0.25, -0.2) is 8.42 Å². The van der Waals surface area contributed by atoms with E-state index in [9.17, 15) is 18.5 Å². The van der Waals surface area contributed by atoms with Gasteiger partial charge in [-0.3, -0.25) is 10.1 Å². The second-order valence-electron chi connectivity index (χ2n) is 6.20. The Hall–Kier alpha value is -1.51. The van der Waals surface area contributed by atoms with Crippen LogP contribution in [-0.4, -0.2) is 36.8 Å². The van der Waals surface area contributed by atoms with Crippen LogP contribution in [0.1, 0.15) is 30.9 Å². The number of nitro benzene ring substituents is 1. The van der Waals surface area contributed by atoms with Crippen molar-refractivity contribution in [2.24, 2.45) is 11.7 Å². The maximum absolute atomic E-state index is 13.1. The molecule has 1 heterocycles. The lowest BCUT2D eigenvalue weighted by atomic mass is 9.93. The van der Waals surface area contributed by atoms with E-state index in [4.69, 9.17) is 5.73 Å².